The molecule has 0 aromatic heterocycles. The largest absolute Gasteiger partial charge is 0.417 e. The number of nitrogens with zero attached hydrogens (tertiary/aromatic N) is 2. The number of hydrogen-bond donors (Lipinski definition) is 0. The molecule has 0 amide bonds. The molecule has 0 N–H and O–H groups in total. The molecule has 1 aromatic carbocycles. The summed E-state index contributed by atoms with van der Waals surface area (Å²) in [5.74, 6) is 0. The summed E-state index contributed by atoms with van der Waals surface area (Å²) in [5, 5.41) is 17.1. The molecule has 0 radical (unpaired) electrons. The van der Waals surface area contributed by atoms with Crippen molar-refractivity contribution in [2.24, 2.45) is 0 Å². The summed E-state index contributed by atoms with van der Waals surface area (Å²) in [4.78, 5) is 0. The fraction of sp³-hybridized carbons (Fsp3) is 0.273. The SMILES string of the molecule is Cc1cc(CC#N)cc(C(F)(F)F)c1C#N. The molecule has 0 fully saturated rings. The zero-order chi connectivity index (χ0) is 12.3. The number of nitriles is 2. The van der Waals surface area contributed by atoms with Crippen molar-refractivity contribution in [3.8, 4) is 12.1 Å². The van der Waals surface area contributed by atoms with Crippen molar-refractivity contribution in [3.63, 3.8) is 0 Å². The Bertz CT molecular complexity index is 490. The predicted octanol–water partition coefficient (Wildman–Crippen LogP) is 2.95. The fourth-order valence-corrected chi connectivity index (χ4v) is 1.43. The van der Waals surface area contributed by atoms with Gasteiger partial charge in [0, 0.05) is 0 Å². The van der Waals surface area contributed by atoms with Gasteiger partial charge in [-0.05, 0) is 24.1 Å². The highest BCUT2D eigenvalue weighted by Gasteiger charge is 2.34. The van der Waals surface area contributed by atoms with Crippen molar-refractivity contribution < 1.29 is 13.2 Å². The molecule has 0 bridgehead atoms. The van der Waals surface area contributed by atoms with E-state index in [-0.39, 0.29) is 23.1 Å². The topological polar surface area (TPSA) is 47.6 Å². The van der Waals surface area contributed by atoms with Crippen molar-refractivity contribution in [1.29, 1.82) is 10.5 Å². The summed E-state index contributed by atoms with van der Waals surface area (Å²) in [6.45, 7) is 1.43. The summed E-state index contributed by atoms with van der Waals surface area (Å²) >= 11 is 0. The first-order chi connectivity index (χ1) is 7.40. The van der Waals surface area contributed by atoms with Crippen LogP contribution in [0.4, 0.5) is 13.2 Å². The summed E-state index contributed by atoms with van der Waals surface area (Å²) in [5.41, 5.74) is -0.844. The van der Waals surface area contributed by atoms with Crippen LogP contribution < -0.4 is 0 Å². The number of benzene rings is 1. The fourth-order valence-electron chi connectivity index (χ4n) is 1.43. The Kier molecular flexibility index (Phi) is 3.20. The molecule has 1 rings (SSSR count). The Balaban J connectivity index is 3.46. The Morgan fingerprint density at radius 2 is 1.88 bits per heavy atom. The molecule has 0 aliphatic rings. The van der Waals surface area contributed by atoms with Crippen LogP contribution in [0.15, 0.2) is 12.1 Å². The molecule has 16 heavy (non-hydrogen) atoms. The molecular weight excluding hydrogens is 217 g/mol. The number of hydrogen-bond acceptors (Lipinski definition) is 2. The third-order valence-electron chi connectivity index (χ3n) is 2.10. The van der Waals surface area contributed by atoms with Gasteiger partial charge in [0.1, 0.15) is 6.07 Å². The van der Waals surface area contributed by atoms with Crippen LogP contribution in [0.2, 0.25) is 0 Å². The molecular formula is C11H7F3N2. The minimum absolute atomic E-state index is 0.102. The monoisotopic (exact) mass is 224 g/mol. The van der Waals surface area contributed by atoms with Gasteiger partial charge in [0.05, 0.1) is 23.6 Å². The predicted molar refractivity (Wildman–Crippen MR) is 50.2 cm³/mol. The summed E-state index contributed by atoms with van der Waals surface area (Å²) in [6.07, 6.45) is -4.67. The molecule has 0 aliphatic heterocycles. The second-order valence-corrected chi connectivity index (χ2v) is 3.28. The maximum Gasteiger partial charge on any atom is 0.417 e. The Labute approximate surface area is 90.5 Å². The van der Waals surface area contributed by atoms with Gasteiger partial charge in [-0.3, -0.25) is 0 Å². The molecule has 0 aliphatic carbocycles. The lowest BCUT2D eigenvalue weighted by molar-refractivity contribution is -0.137. The summed E-state index contributed by atoms with van der Waals surface area (Å²) in [6, 6.07) is 5.60. The molecule has 0 saturated carbocycles. The van der Waals surface area contributed by atoms with E-state index in [2.05, 4.69) is 0 Å². The van der Waals surface area contributed by atoms with Crippen LogP contribution >= 0.6 is 0 Å². The number of halogens is 3. The minimum atomic E-state index is -4.57. The number of rotatable bonds is 1. The Hall–Kier alpha value is -2.01. The molecule has 5 heteroatoms. The van der Waals surface area contributed by atoms with Gasteiger partial charge in [-0.25, -0.2) is 0 Å². The van der Waals surface area contributed by atoms with Crippen molar-refractivity contribution in [1.82, 2.24) is 0 Å². The van der Waals surface area contributed by atoms with Gasteiger partial charge in [0.25, 0.3) is 0 Å². The van der Waals surface area contributed by atoms with Crippen molar-refractivity contribution in [2.45, 2.75) is 19.5 Å². The van der Waals surface area contributed by atoms with E-state index in [1.54, 1.807) is 6.07 Å². The normalized spacial score (nSPS) is 10.6. The second kappa shape index (κ2) is 4.24. The van der Waals surface area contributed by atoms with E-state index in [0.29, 0.717) is 0 Å². The lowest BCUT2D eigenvalue weighted by atomic mass is 9.98. The van der Waals surface area contributed by atoms with Crippen LogP contribution in [0.1, 0.15) is 22.3 Å². The van der Waals surface area contributed by atoms with Gasteiger partial charge < -0.3 is 0 Å². The first-order valence-electron chi connectivity index (χ1n) is 4.38. The first kappa shape index (κ1) is 12.1. The highest BCUT2D eigenvalue weighted by Crippen LogP contribution is 2.33. The molecule has 0 heterocycles. The smallest absolute Gasteiger partial charge is 0.198 e. The molecule has 0 unspecified atom stereocenters. The zero-order valence-corrected chi connectivity index (χ0v) is 8.39. The molecule has 82 valence electrons. The third-order valence-corrected chi connectivity index (χ3v) is 2.10. The highest BCUT2D eigenvalue weighted by atomic mass is 19.4. The zero-order valence-electron chi connectivity index (χ0n) is 8.39. The molecule has 0 atom stereocenters. The highest BCUT2D eigenvalue weighted by molar-refractivity contribution is 5.48. The van der Waals surface area contributed by atoms with Gasteiger partial charge in [-0.2, -0.15) is 23.7 Å². The van der Waals surface area contributed by atoms with E-state index in [0.717, 1.165) is 6.07 Å². The van der Waals surface area contributed by atoms with Gasteiger partial charge in [0.2, 0.25) is 0 Å². The van der Waals surface area contributed by atoms with Crippen LogP contribution in [0.5, 0.6) is 0 Å². The molecule has 0 spiro atoms. The van der Waals surface area contributed by atoms with Crippen molar-refractivity contribution in [2.75, 3.05) is 0 Å². The van der Waals surface area contributed by atoms with Crippen molar-refractivity contribution >= 4 is 0 Å². The standard InChI is InChI=1S/C11H7F3N2/c1-7-4-8(2-3-15)5-10(9(7)6-16)11(12,13)14/h4-5H,2H2,1H3. The Morgan fingerprint density at radius 1 is 1.25 bits per heavy atom. The van der Waals surface area contributed by atoms with E-state index in [9.17, 15) is 13.2 Å². The number of alkyl halides is 3. The maximum absolute atomic E-state index is 12.6. The van der Waals surface area contributed by atoms with E-state index in [1.165, 1.54) is 19.1 Å². The minimum Gasteiger partial charge on any atom is -0.198 e. The molecule has 0 saturated heterocycles. The molecule has 2 nitrogen and oxygen atoms in total. The maximum atomic E-state index is 12.6. The van der Waals surface area contributed by atoms with Gasteiger partial charge in [-0.15, -0.1) is 0 Å². The van der Waals surface area contributed by atoms with Crippen LogP contribution in [0.25, 0.3) is 0 Å². The van der Waals surface area contributed by atoms with Crippen molar-refractivity contribution in [3.05, 3.63) is 34.4 Å². The van der Waals surface area contributed by atoms with E-state index >= 15 is 0 Å². The lowest BCUT2D eigenvalue weighted by Gasteiger charge is -2.12. The summed E-state index contributed by atoms with van der Waals surface area (Å²) in [7, 11) is 0. The van der Waals surface area contributed by atoms with Gasteiger partial charge in [-0.1, -0.05) is 6.07 Å². The first-order valence-corrected chi connectivity index (χ1v) is 4.38. The summed E-state index contributed by atoms with van der Waals surface area (Å²) < 4.78 is 37.8. The quantitative estimate of drug-likeness (QED) is 0.736. The van der Waals surface area contributed by atoms with Crippen LogP contribution in [-0.2, 0) is 12.6 Å². The van der Waals surface area contributed by atoms with E-state index in [1.807, 2.05) is 0 Å². The van der Waals surface area contributed by atoms with Crippen LogP contribution in [0.3, 0.4) is 0 Å². The van der Waals surface area contributed by atoms with E-state index < -0.39 is 11.7 Å². The number of aryl methyl sites for hydroxylation is 1. The second-order valence-electron chi connectivity index (χ2n) is 3.28. The molecule has 1 aromatic rings. The van der Waals surface area contributed by atoms with Gasteiger partial charge in [0.15, 0.2) is 0 Å². The van der Waals surface area contributed by atoms with Gasteiger partial charge >= 0.3 is 6.18 Å². The average molecular weight is 224 g/mol. The van der Waals surface area contributed by atoms with Crippen LogP contribution in [0, 0.1) is 29.6 Å². The Morgan fingerprint density at radius 3 is 2.31 bits per heavy atom. The average Bonchev–Trinajstić information content (AvgIpc) is 2.16. The van der Waals surface area contributed by atoms with E-state index in [4.69, 9.17) is 10.5 Å². The lowest BCUT2D eigenvalue weighted by Crippen LogP contribution is -2.10. The van der Waals surface area contributed by atoms with Crippen LogP contribution in [-0.4, -0.2) is 0 Å². The third kappa shape index (κ3) is 2.32.